The highest BCUT2D eigenvalue weighted by Crippen LogP contribution is 2.20. The van der Waals surface area contributed by atoms with Crippen molar-refractivity contribution < 1.29 is 18.7 Å². The fourth-order valence-corrected chi connectivity index (χ4v) is 1.90. The Labute approximate surface area is 129 Å². The Morgan fingerprint density at radius 3 is 2.32 bits per heavy atom. The van der Waals surface area contributed by atoms with E-state index >= 15 is 0 Å². The molecule has 5 nitrogen and oxygen atoms in total. The number of rotatable bonds is 4. The van der Waals surface area contributed by atoms with Crippen LogP contribution in [0.3, 0.4) is 0 Å². The van der Waals surface area contributed by atoms with Crippen LogP contribution in [0.25, 0.3) is 0 Å². The van der Waals surface area contributed by atoms with E-state index in [-0.39, 0.29) is 11.7 Å². The van der Waals surface area contributed by atoms with Crippen LogP contribution in [0.2, 0.25) is 0 Å². The van der Waals surface area contributed by atoms with Crippen LogP contribution in [0.15, 0.2) is 53.1 Å². The molecule has 0 saturated heterocycles. The largest absolute Gasteiger partial charge is 0.457 e. The number of carbonyl (C=O) groups excluding carboxylic acids is 2. The van der Waals surface area contributed by atoms with Gasteiger partial charge in [0.05, 0.1) is 6.26 Å². The van der Waals surface area contributed by atoms with Crippen molar-refractivity contribution in [2.24, 2.45) is 0 Å². The summed E-state index contributed by atoms with van der Waals surface area (Å²) in [6, 6.07) is 12.0. The van der Waals surface area contributed by atoms with Gasteiger partial charge in [-0.25, -0.2) is 4.79 Å². The van der Waals surface area contributed by atoms with Gasteiger partial charge in [-0.3, -0.25) is 4.79 Å². The molecule has 1 aromatic carbocycles. The van der Waals surface area contributed by atoms with Crippen LogP contribution in [0.1, 0.15) is 43.0 Å². The third-order valence-corrected chi connectivity index (χ3v) is 2.79. The van der Waals surface area contributed by atoms with E-state index in [1.165, 1.54) is 12.3 Å². The van der Waals surface area contributed by atoms with Crippen molar-refractivity contribution in [2.45, 2.75) is 32.4 Å². The molecular weight excluding hydrogens is 282 g/mol. The molecule has 5 heteroatoms. The fourth-order valence-electron chi connectivity index (χ4n) is 1.90. The van der Waals surface area contributed by atoms with E-state index in [0.717, 1.165) is 0 Å². The van der Waals surface area contributed by atoms with Gasteiger partial charge in [-0.1, -0.05) is 30.3 Å². The molecule has 0 bridgehead atoms. The molecule has 0 fully saturated rings. The molecule has 1 amide bonds. The summed E-state index contributed by atoms with van der Waals surface area (Å²) >= 11 is 0. The predicted molar refractivity (Wildman–Crippen MR) is 81.2 cm³/mol. The Balaban J connectivity index is 2.22. The highest BCUT2D eigenvalue weighted by molar-refractivity contribution is 5.90. The number of benzene rings is 1. The monoisotopic (exact) mass is 301 g/mol. The molecule has 0 saturated carbocycles. The van der Waals surface area contributed by atoms with Gasteiger partial charge in [-0.05, 0) is 32.9 Å². The molecule has 0 aliphatic heterocycles. The molecule has 0 spiro atoms. The third-order valence-electron chi connectivity index (χ3n) is 2.79. The zero-order valence-electron chi connectivity index (χ0n) is 12.8. The average molecular weight is 301 g/mol. The summed E-state index contributed by atoms with van der Waals surface area (Å²) in [7, 11) is 0. The molecule has 2 aromatic rings. The van der Waals surface area contributed by atoms with Gasteiger partial charge >= 0.3 is 5.97 Å². The van der Waals surface area contributed by atoms with Crippen LogP contribution in [-0.2, 0) is 9.53 Å². The fraction of sp³-hybridized carbons (Fsp3) is 0.294. The van der Waals surface area contributed by atoms with Gasteiger partial charge in [-0.15, -0.1) is 0 Å². The molecule has 0 aliphatic rings. The lowest BCUT2D eigenvalue weighted by atomic mass is 10.1. The Hall–Kier alpha value is -2.56. The number of hydrogen-bond donors (Lipinski definition) is 1. The lowest BCUT2D eigenvalue weighted by Crippen LogP contribution is -2.44. The van der Waals surface area contributed by atoms with Crippen LogP contribution < -0.4 is 5.32 Å². The Kier molecular flexibility index (Phi) is 4.65. The lowest BCUT2D eigenvalue weighted by molar-refractivity contribution is -0.131. The quantitative estimate of drug-likeness (QED) is 0.881. The zero-order chi connectivity index (χ0) is 16.2. The van der Waals surface area contributed by atoms with E-state index in [9.17, 15) is 9.59 Å². The van der Waals surface area contributed by atoms with Crippen molar-refractivity contribution >= 4 is 11.9 Å². The molecule has 22 heavy (non-hydrogen) atoms. The first-order valence-corrected chi connectivity index (χ1v) is 6.98. The maximum absolute atomic E-state index is 12.4. The molecule has 1 N–H and O–H groups in total. The zero-order valence-corrected chi connectivity index (χ0v) is 12.8. The van der Waals surface area contributed by atoms with Gasteiger partial charge in [0.15, 0.2) is 0 Å². The number of esters is 1. The maximum Gasteiger partial charge on any atom is 0.375 e. The number of hydrogen-bond acceptors (Lipinski definition) is 4. The molecule has 1 heterocycles. The van der Waals surface area contributed by atoms with Gasteiger partial charge in [0.2, 0.25) is 11.9 Å². The molecule has 2 rings (SSSR count). The third kappa shape index (κ3) is 4.22. The van der Waals surface area contributed by atoms with Crippen LogP contribution >= 0.6 is 0 Å². The van der Waals surface area contributed by atoms with Crippen molar-refractivity contribution in [3.05, 3.63) is 60.1 Å². The van der Waals surface area contributed by atoms with Crippen LogP contribution in [0, 0.1) is 0 Å². The van der Waals surface area contributed by atoms with Crippen LogP contribution in [-0.4, -0.2) is 17.4 Å². The van der Waals surface area contributed by atoms with E-state index in [1.807, 2.05) is 26.8 Å². The summed E-state index contributed by atoms with van der Waals surface area (Å²) in [5.74, 6) is -0.994. The van der Waals surface area contributed by atoms with Gasteiger partial charge in [-0.2, -0.15) is 0 Å². The van der Waals surface area contributed by atoms with Crippen molar-refractivity contribution in [2.75, 3.05) is 0 Å². The molecule has 0 unspecified atom stereocenters. The normalized spacial score (nSPS) is 12.5. The highest BCUT2D eigenvalue weighted by atomic mass is 16.6. The molecule has 1 atom stereocenters. The SMILES string of the molecule is CC(C)(C)NC(=O)[C@H](OC(=O)c1ccco1)c1ccccc1. The van der Waals surface area contributed by atoms with Crippen LogP contribution in [0.5, 0.6) is 0 Å². The smallest absolute Gasteiger partial charge is 0.375 e. The predicted octanol–water partition coefficient (Wildman–Crippen LogP) is 3.09. The Morgan fingerprint density at radius 2 is 1.77 bits per heavy atom. The molecule has 116 valence electrons. The van der Waals surface area contributed by atoms with Gasteiger partial charge in [0.25, 0.3) is 5.91 Å². The Bertz CT molecular complexity index is 626. The van der Waals surface area contributed by atoms with Gasteiger partial charge in [0, 0.05) is 11.1 Å². The Morgan fingerprint density at radius 1 is 1.09 bits per heavy atom. The number of furan rings is 1. The highest BCUT2D eigenvalue weighted by Gasteiger charge is 2.29. The molecular formula is C17H19NO4. The molecule has 1 aromatic heterocycles. The van der Waals surface area contributed by atoms with E-state index in [1.54, 1.807) is 30.3 Å². The van der Waals surface area contributed by atoms with Crippen molar-refractivity contribution in [3.63, 3.8) is 0 Å². The van der Waals surface area contributed by atoms with E-state index in [4.69, 9.17) is 9.15 Å². The topological polar surface area (TPSA) is 68.5 Å². The standard InChI is InChI=1S/C17H19NO4/c1-17(2,3)18-15(19)14(12-8-5-4-6-9-12)22-16(20)13-10-7-11-21-13/h4-11,14H,1-3H3,(H,18,19)/t14-/m1/s1. The number of nitrogens with one attached hydrogen (secondary N) is 1. The molecule has 0 aliphatic carbocycles. The van der Waals surface area contributed by atoms with Crippen LogP contribution in [0.4, 0.5) is 0 Å². The second-order valence-corrected chi connectivity index (χ2v) is 5.91. The number of ether oxygens (including phenoxy) is 1. The summed E-state index contributed by atoms with van der Waals surface area (Å²) in [6.45, 7) is 5.59. The summed E-state index contributed by atoms with van der Waals surface area (Å²) in [4.78, 5) is 24.5. The van der Waals surface area contributed by atoms with Crippen molar-refractivity contribution in [1.29, 1.82) is 0 Å². The van der Waals surface area contributed by atoms with E-state index in [2.05, 4.69) is 5.32 Å². The van der Waals surface area contributed by atoms with Crippen molar-refractivity contribution in [3.8, 4) is 0 Å². The first kappa shape index (κ1) is 15.8. The number of amides is 1. The first-order valence-electron chi connectivity index (χ1n) is 6.98. The average Bonchev–Trinajstić information content (AvgIpc) is 2.97. The minimum absolute atomic E-state index is 0.0597. The second-order valence-electron chi connectivity index (χ2n) is 5.91. The maximum atomic E-state index is 12.4. The minimum Gasteiger partial charge on any atom is -0.457 e. The lowest BCUT2D eigenvalue weighted by Gasteiger charge is -2.24. The number of carbonyl (C=O) groups is 2. The van der Waals surface area contributed by atoms with Gasteiger partial charge in [0.1, 0.15) is 0 Å². The summed E-state index contributed by atoms with van der Waals surface area (Å²) < 4.78 is 10.4. The minimum atomic E-state index is -1.03. The van der Waals surface area contributed by atoms with E-state index < -0.39 is 17.6 Å². The first-order chi connectivity index (χ1) is 10.4. The van der Waals surface area contributed by atoms with Gasteiger partial charge < -0.3 is 14.5 Å². The van der Waals surface area contributed by atoms with Crippen molar-refractivity contribution in [1.82, 2.24) is 5.32 Å². The molecule has 0 radical (unpaired) electrons. The van der Waals surface area contributed by atoms with E-state index in [0.29, 0.717) is 5.56 Å². The summed E-state index contributed by atoms with van der Waals surface area (Å²) in [6.07, 6.45) is 0.349. The summed E-state index contributed by atoms with van der Waals surface area (Å²) in [5, 5.41) is 2.82. The summed E-state index contributed by atoms with van der Waals surface area (Å²) in [5.41, 5.74) is 0.172. The second kappa shape index (κ2) is 6.47.